The van der Waals surface area contributed by atoms with E-state index in [4.69, 9.17) is 25.8 Å². The second-order valence-corrected chi connectivity index (χ2v) is 9.48. The molecule has 2 rings (SSSR count). The van der Waals surface area contributed by atoms with Crippen LogP contribution in [0, 0.1) is 0 Å². The number of alkyl halides is 1. The molecule has 2 aromatic rings. The van der Waals surface area contributed by atoms with E-state index >= 15 is 0 Å². The van der Waals surface area contributed by atoms with Gasteiger partial charge in [0.15, 0.2) is 0 Å². The lowest BCUT2D eigenvalue weighted by Gasteiger charge is -2.27. The third-order valence-electron chi connectivity index (χ3n) is 4.69. The van der Waals surface area contributed by atoms with Crippen molar-refractivity contribution in [3.05, 3.63) is 56.5 Å². The summed E-state index contributed by atoms with van der Waals surface area (Å²) < 4.78 is 18.3. The lowest BCUT2D eigenvalue weighted by molar-refractivity contribution is -0.146. The van der Waals surface area contributed by atoms with Crippen LogP contribution < -0.4 is 9.47 Å². The highest BCUT2D eigenvalue weighted by molar-refractivity contribution is 9.11. The molecule has 0 bridgehead atoms. The van der Waals surface area contributed by atoms with E-state index in [-0.39, 0.29) is 23.9 Å². The van der Waals surface area contributed by atoms with Gasteiger partial charge in [0, 0.05) is 12.3 Å². The molecule has 7 heteroatoms. The van der Waals surface area contributed by atoms with E-state index in [1.807, 2.05) is 24.3 Å². The minimum absolute atomic E-state index is 0.165. The third-order valence-corrected chi connectivity index (χ3v) is 6.21. The normalized spacial score (nSPS) is 12.4. The van der Waals surface area contributed by atoms with Gasteiger partial charge in [-0.25, -0.2) is 0 Å². The standard InChI is InChI=1S/C23H27Br2ClO4/c1-5-10-28-18-8-6-16(7-9-18)23(3,4)17-11-20(24)22(21(25)12-17)29-14-19(13-26)30-15(2)27/h6-9,11-12,19H,5,10,13-14H2,1-4H3/t19-/m1/s1. The summed E-state index contributed by atoms with van der Waals surface area (Å²) in [5, 5.41) is 0. The third kappa shape index (κ3) is 6.63. The lowest BCUT2D eigenvalue weighted by atomic mass is 9.78. The summed E-state index contributed by atoms with van der Waals surface area (Å²) in [6.45, 7) is 8.67. The van der Waals surface area contributed by atoms with Crippen molar-refractivity contribution in [2.45, 2.75) is 45.6 Å². The maximum atomic E-state index is 11.2. The minimum Gasteiger partial charge on any atom is -0.494 e. The monoisotopic (exact) mass is 560 g/mol. The van der Waals surface area contributed by atoms with Gasteiger partial charge >= 0.3 is 5.97 Å². The number of halogens is 3. The Labute approximate surface area is 200 Å². The molecule has 0 N–H and O–H groups in total. The van der Waals surface area contributed by atoms with Crippen LogP contribution in [0.4, 0.5) is 0 Å². The highest BCUT2D eigenvalue weighted by atomic mass is 79.9. The fourth-order valence-corrected chi connectivity index (χ4v) is 4.50. The van der Waals surface area contributed by atoms with E-state index in [1.165, 1.54) is 12.5 Å². The van der Waals surface area contributed by atoms with Crippen LogP contribution in [0.2, 0.25) is 0 Å². The van der Waals surface area contributed by atoms with Crippen molar-refractivity contribution < 1.29 is 19.0 Å². The largest absolute Gasteiger partial charge is 0.494 e. The fourth-order valence-electron chi connectivity index (χ4n) is 2.93. The molecule has 4 nitrogen and oxygen atoms in total. The van der Waals surface area contributed by atoms with Gasteiger partial charge in [0.1, 0.15) is 24.2 Å². The predicted molar refractivity (Wildman–Crippen MR) is 128 cm³/mol. The summed E-state index contributed by atoms with van der Waals surface area (Å²) in [6.07, 6.45) is 0.475. The second kappa shape index (κ2) is 11.4. The Morgan fingerprint density at radius 1 is 1.07 bits per heavy atom. The summed E-state index contributed by atoms with van der Waals surface area (Å²) >= 11 is 13.1. The van der Waals surface area contributed by atoms with Crippen molar-refractivity contribution in [3.63, 3.8) is 0 Å². The Morgan fingerprint density at radius 2 is 1.67 bits per heavy atom. The van der Waals surface area contributed by atoms with Gasteiger partial charge in [0.25, 0.3) is 0 Å². The van der Waals surface area contributed by atoms with Gasteiger partial charge < -0.3 is 14.2 Å². The van der Waals surface area contributed by atoms with E-state index in [2.05, 4.69) is 64.8 Å². The Hall–Kier alpha value is -1.24. The summed E-state index contributed by atoms with van der Waals surface area (Å²) in [5.41, 5.74) is 2.06. The first-order valence-corrected chi connectivity index (χ1v) is 11.9. The van der Waals surface area contributed by atoms with Gasteiger partial charge in [-0.3, -0.25) is 4.79 Å². The zero-order valence-corrected chi connectivity index (χ0v) is 21.6. The number of carbonyl (C=O) groups is 1. The summed E-state index contributed by atoms with van der Waals surface area (Å²) in [7, 11) is 0. The van der Waals surface area contributed by atoms with Crippen LogP contribution in [0.25, 0.3) is 0 Å². The first-order valence-electron chi connectivity index (χ1n) is 9.77. The van der Waals surface area contributed by atoms with Crippen LogP contribution >= 0.6 is 43.5 Å². The van der Waals surface area contributed by atoms with Gasteiger partial charge in [-0.2, -0.15) is 0 Å². The van der Waals surface area contributed by atoms with Gasteiger partial charge in [-0.1, -0.05) is 32.9 Å². The maximum Gasteiger partial charge on any atom is 0.303 e. The quantitative estimate of drug-likeness (QED) is 0.234. The zero-order chi connectivity index (χ0) is 22.3. The molecule has 2 aromatic carbocycles. The number of hydrogen-bond donors (Lipinski definition) is 0. The smallest absolute Gasteiger partial charge is 0.303 e. The average molecular weight is 563 g/mol. The van der Waals surface area contributed by atoms with Crippen molar-refractivity contribution in [2.24, 2.45) is 0 Å². The molecule has 0 aliphatic heterocycles. The van der Waals surface area contributed by atoms with E-state index < -0.39 is 6.10 Å². The Kier molecular flexibility index (Phi) is 9.51. The number of carbonyl (C=O) groups excluding carboxylic acids is 1. The number of benzene rings is 2. The Morgan fingerprint density at radius 3 is 2.17 bits per heavy atom. The van der Waals surface area contributed by atoms with Crippen molar-refractivity contribution in [3.8, 4) is 11.5 Å². The SMILES string of the molecule is CCCOc1ccc(C(C)(C)c2cc(Br)c(OC[C@@H](CCl)OC(C)=O)c(Br)c2)cc1. The molecule has 0 aromatic heterocycles. The fraction of sp³-hybridized carbons (Fsp3) is 0.435. The summed E-state index contributed by atoms with van der Waals surface area (Å²) in [5.74, 6) is 1.30. The highest BCUT2D eigenvalue weighted by Crippen LogP contribution is 2.41. The molecule has 0 radical (unpaired) electrons. The molecule has 0 aliphatic carbocycles. The average Bonchev–Trinajstić information content (AvgIpc) is 2.70. The second-order valence-electron chi connectivity index (χ2n) is 7.46. The van der Waals surface area contributed by atoms with E-state index in [9.17, 15) is 4.79 Å². The molecule has 1 atom stereocenters. The van der Waals surface area contributed by atoms with Gasteiger partial charge in [0.2, 0.25) is 0 Å². The zero-order valence-electron chi connectivity index (χ0n) is 17.6. The molecule has 30 heavy (non-hydrogen) atoms. The highest BCUT2D eigenvalue weighted by Gasteiger charge is 2.26. The first kappa shape index (κ1) is 25.0. The van der Waals surface area contributed by atoms with Crippen molar-refractivity contribution >= 4 is 49.4 Å². The molecule has 0 amide bonds. The van der Waals surface area contributed by atoms with E-state index in [0.29, 0.717) is 12.4 Å². The predicted octanol–water partition coefficient (Wildman–Crippen LogP) is 6.88. The topological polar surface area (TPSA) is 44.8 Å². The van der Waals surface area contributed by atoms with Gasteiger partial charge in [0.05, 0.1) is 21.4 Å². The van der Waals surface area contributed by atoms with Crippen LogP contribution in [-0.2, 0) is 14.9 Å². The van der Waals surface area contributed by atoms with Gasteiger partial charge in [-0.15, -0.1) is 11.6 Å². The molecule has 164 valence electrons. The lowest BCUT2D eigenvalue weighted by Crippen LogP contribution is -2.26. The molecule has 0 fully saturated rings. The Bertz CT molecular complexity index is 830. The maximum absolute atomic E-state index is 11.2. The molecule has 0 saturated carbocycles. The summed E-state index contributed by atoms with van der Waals surface area (Å²) in [6, 6.07) is 12.3. The van der Waals surface area contributed by atoms with Crippen molar-refractivity contribution in [2.75, 3.05) is 19.1 Å². The Balaban J connectivity index is 2.20. The summed E-state index contributed by atoms with van der Waals surface area (Å²) in [4.78, 5) is 11.2. The van der Waals surface area contributed by atoms with Crippen LogP contribution in [0.1, 0.15) is 45.2 Å². The molecule has 0 spiro atoms. The number of esters is 1. The van der Waals surface area contributed by atoms with Crippen LogP contribution in [0.5, 0.6) is 11.5 Å². The molecule has 0 aliphatic rings. The molecule has 0 heterocycles. The molecule has 0 unspecified atom stereocenters. The van der Waals surface area contributed by atoms with E-state index in [1.54, 1.807) is 0 Å². The van der Waals surface area contributed by atoms with E-state index in [0.717, 1.165) is 26.7 Å². The molecular formula is C23H27Br2ClO4. The van der Waals surface area contributed by atoms with Crippen molar-refractivity contribution in [1.82, 2.24) is 0 Å². The van der Waals surface area contributed by atoms with Crippen LogP contribution in [0.15, 0.2) is 45.3 Å². The van der Waals surface area contributed by atoms with Gasteiger partial charge in [-0.05, 0) is 73.7 Å². The first-order chi connectivity index (χ1) is 14.2. The van der Waals surface area contributed by atoms with Crippen LogP contribution in [0.3, 0.4) is 0 Å². The number of ether oxygens (including phenoxy) is 3. The van der Waals surface area contributed by atoms with Crippen molar-refractivity contribution in [1.29, 1.82) is 0 Å². The van der Waals surface area contributed by atoms with Crippen LogP contribution in [-0.4, -0.2) is 31.2 Å². The number of hydrogen-bond acceptors (Lipinski definition) is 4. The molecular weight excluding hydrogens is 536 g/mol. The minimum atomic E-state index is -0.507. The molecule has 0 saturated heterocycles. The number of rotatable bonds is 10.